The number of hydrogen-bond donors (Lipinski definition) is 2. The average Bonchev–Trinajstić information content (AvgIpc) is 3.10. The Bertz CT molecular complexity index is 843. The van der Waals surface area contributed by atoms with Crippen LogP contribution in [0.5, 0.6) is 0 Å². The highest BCUT2D eigenvalue weighted by Gasteiger charge is 2.22. The van der Waals surface area contributed by atoms with Crippen molar-refractivity contribution in [1.82, 2.24) is 0 Å². The van der Waals surface area contributed by atoms with Crippen LogP contribution in [0.4, 0.5) is 0 Å². The zero-order valence-electron chi connectivity index (χ0n) is 33.3. The number of carbonyl (C=O) groups excluding carboxylic acids is 2. The summed E-state index contributed by atoms with van der Waals surface area (Å²) in [5.74, 6) is -0.874. The third-order valence-corrected chi connectivity index (χ3v) is 10.0. The predicted octanol–water partition coefficient (Wildman–Crippen LogP) is 13.0. The van der Waals surface area contributed by atoms with Gasteiger partial charge in [-0.25, -0.2) is 4.57 Å². The third kappa shape index (κ3) is 41.4. The highest BCUT2D eigenvalue weighted by atomic mass is 31.2. The molecular weight excluding hydrogens is 663 g/mol. The van der Waals surface area contributed by atoms with E-state index >= 15 is 0 Å². The number of rotatable bonds is 40. The number of hydrogen-bond acceptors (Lipinski definition) is 6. The molecule has 0 unspecified atom stereocenters. The van der Waals surface area contributed by atoms with Crippen LogP contribution in [0.1, 0.15) is 226 Å². The fourth-order valence-electron chi connectivity index (χ4n) is 6.30. The van der Waals surface area contributed by atoms with Gasteiger partial charge in [0.1, 0.15) is 6.61 Å². The van der Waals surface area contributed by atoms with E-state index in [1.807, 2.05) is 0 Å². The highest BCUT2D eigenvalue weighted by Crippen LogP contribution is 2.36. The molecule has 9 heteroatoms. The Balaban J connectivity index is 3.86. The van der Waals surface area contributed by atoms with Crippen LogP contribution < -0.4 is 0 Å². The van der Waals surface area contributed by atoms with Gasteiger partial charge in [0.05, 0.1) is 6.61 Å². The van der Waals surface area contributed by atoms with Gasteiger partial charge in [-0.15, -0.1) is 0 Å². The molecule has 2 N–H and O–H groups in total. The molecule has 0 fully saturated rings. The zero-order valence-corrected chi connectivity index (χ0v) is 34.2. The van der Waals surface area contributed by atoms with Crippen molar-refractivity contribution in [3.8, 4) is 0 Å². The second kappa shape index (κ2) is 38.5. The van der Waals surface area contributed by atoms with E-state index in [0.29, 0.717) is 6.42 Å². The highest BCUT2D eigenvalue weighted by molar-refractivity contribution is 7.46. The van der Waals surface area contributed by atoms with Gasteiger partial charge in [0.2, 0.25) is 0 Å². The molecule has 0 aliphatic rings. The van der Waals surface area contributed by atoms with Crippen LogP contribution >= 0.6 is 7.82 Å². The van der Waals surface area contributed by atoms with Crippen LogP contribution in [0, 0.1) is 0 Å². The molecular formula is C42H81O8P. The van der Waals surface area contributed by atoms with Crippen LogP contribution in [-0.2, 0) is 28.2 Å². The van der Waals surface area contributed by atoms with Gasteiger partial charge in [0, 0.05) is 12.8 Å². The van der Waals surface area contributed by atoms with Crippen LogP contribution in [-0.4, -0.2) is 41.0 Å². The van der Waals surface area contributed by atoms with Gasteiger partial charge in [-0.05, 0) is 32.1 Å². The molecule has 0 aromatic rings. The van der Waals surface area contributed by atoms with Crippen LogP contribution in [0.25, 0.3) is 0 Å². The molecule has 1 atom stereocenters. The summed E-state index contributed by atoms with van der Waals surface area (Å²) in [6.07, 6.45) is 42.2. The van der Waals surface area contributed by atoms with E-state index in [4.69, 9.17) is 19.3 Å². The molecule has 0 spiro atoms. The van der Waals surface area contributed by atoms with Crippen molar-refractivity contribution in [1.29, 1.82) is 0 Å². The van der Waals surface area contributed by atoms with E-state index in [1.54, 1.807) is 0 Å². The average molecular weight is 745 g/mol. The van der Waals surface area contributed by atoms with Crippen molar-refractivity contribution in [3.63, 3.8) is 0 Å². The minimum absolute atomic E-state index is 0.218. The lowest BCUT2D eigenvalue weighted by Crippen LogP contribution is -2.29. The third-order valence-electron chi connectivity index (χ3n) is 9.53. The summed E-state index contributed by atoms with van der Waals surface area (Å²) >= 11 is 0. The first kappa shape index (κ1) is 49.8. The van der Waals surface area contributed by atoms with Gasteiger partial charge >= 0.3 is 19.8 Å². The number of allylic oxidation sites excluding steroid dienone is 2. The Hall–Kier alpha value is -1.21. The molecule has 0 bridgehead atoms. The van der Waals surface area contributed by atoms with Crippen LogP contribution in [0.3, 0.4) is 0 Å². The van der Waals surface area contributed by atoms with Crippen LogP contribution in [0.15, 0.2) is 12.2 Å². The Morgan fingerprint density at radius 1 is 0.490 bits per heavy atom. The van der Waals surface area contributed by atoms with E-state index in [0.717, 1.165) is 32.1 Å². The second-order valence-electron chi connectivity index (χ2n) is 14.7. The zero-order chi connectivity index (χ0) is 37.5. The molecule has 0 rings (SSSR count). The normalized spacial score (nSPS) is 12.5. The van der Waals surface area contributed by atoms with Gasteiger partial charge in [0.15, 0.2) is 6.10 Å². The number of carbonyl (C=O) groups is 2. The summed E-state index contributed by atoms with van der Waals surface area (Å²) in [5, 5.41) is 0. The predicted molar refractivity (Wildman–Crippen MR) is 212 cm³/mol. The first-order chi connectivity index (χ1) is 24.8. The van der Waals surface area contributed by atoms with Crippen LogP contribution in [0.2, 0.25) is 0 Å². The number of esters is 2. The van der Waals surface area contributed by atoms with E-state index in [-0.39, 0.29) is 19.4 Å². The summed E-state index contributed by atoms with van der Waals surface area (Å²) in [6, 6.07) is 0. The topological polar surface area (TPSA) is 119 Å². The maximum atomic E-state index is 12.4. The van der Waals surface area contributed by atoms with Gasteiger partial charge in [-0.3, -0.25) is 14.1 Å². The molecule has 0 aliphatic heterocycles. The van der Waals surface area contributed by atoms with Crippen molar-refractivity contribution in [2.24, 2.45) is 0 Å². The molecule has 0 aromatic heterocycles. The van der Waals surface area contributed by atoms with E-state index in [9.17, 15) is 14.2 Å². The first-order valence-corrected chi connectivity index (χ1v) is 23.0. The van der Waals surface area contributed by atoms with Gasteiger partial charge in [-0.1, -0.05) is 193 Å². The standard InChI is InChI=1S/C42H81O8P/c1-3-5-7-9-11-13-15-17-19-20-21-23-25-27-29-31-33-35-37-42(44)50-40(39-49-51(45,46)47)38-48-41(43)36-34-32-30-28-26-24-22-18-16-14-12-10-8-6-4-2/h10,12,40H,3-9,11,13-39H2,1-2H3,(H2,45,46,47)/b12-10+/t40-/m1/s1. The summed E-state index contributed by atoms with van der Waals surface area (Å²) in [4.78, 5) is 42.8. The lowest BCUT2D eigenvalue weighted by molar-refractivity contribution is -0.161. The van der Waals surface area contributed by atoms with Gasteiger partial charge < -0.3 is 19.3 Å². The molecule has 0 heterocycles. The second-order valence-corrected chi connectivity index (χ2v) is 15.9. The Morgan fingerprint density at radius 3 is 1.25 bits per heavy atom. The Kier molecular flexibility index (Phi) is 37.6. The molecule has 51 heavy (non-hydrogen) atoms. The molecule has 0 radical (unpaired) electrons. The van der Waals surface area contributed by atoms with Crippen molar-refractivity contribution in [2.75, 3.05) is 13.2 Å². The maximum absolute atomic E-state index is 12.4. The summed E-state index contributed by atoms with van der Waals surface area (Å²) in [6.45, 7) is 3.68. The van der Waals surface area contributed by atoms with E-state index in [2.05, 4.69) is 30.5 Å². The van der Waals surface area contributed by atoms with Crippen molar-refractivity contribution >= 4 is 19.8 Å². The first-order valence-electron chi connectivity index (χ1n) is 21.5. The summed E-state index contributed by atoms with van der Waals surface area (Å²) in [7, 11) is -4.75. The Morgan fingerprint density at radius 2 is 0.843 bits per heavy atom. The largest absolute Gasteiger partial charge is 0.469 e. The number of unbranched alkanes of at least 4 members (excludes halogenated alkanes) is 28. The number of phosphoric ester groups is 1. The van der Waals surface area contributed by atoms with Gasteiger partial charge in [-0.2, -0.15) is 0 Å². The molecule has 0 saturated heterocycles. The van der Waals surface area contributed by atoms with Crippen molar-refractivity contribution in [3.05, 3.63) is 12.2 Å². The van der Waals surface area contributed by atoms with Gasteiger partial charge in [0.25, 0.3) is 0 Å². The lowest BCUT2D eigenvalue weighted by atomic mass is 10.0. The smallest absolute Gasteiger partial charge is 0.462 e. The van der Waals surface area contributed by atoms with Crippen molar-refractivity contribution < 1.29 is 37.9 Å². The van der Waals surface area contributed by atoms with E-state index in [1.165, 1.54) is 161 Å². The fourth-order valence-corrected chi connectivity index (χ4v) is 6.66. The monoisotopic (exact) mass is 745 g/mol. The molecule has 302 valence electrons. The molecule has 8 nitrogen and oxygen atoms in total. The van der Waals surface area contributed by atoms with Crippen molar-refractivity contribution in [2.45, 2.75) is 232 Å². The molecule has 0 saturated carbocycles. The summed E-state index contributed by atoms with van der Waals surface area (Å²) < 4.78 is 26.4. The lowest BCUT2D eigenvalue weighted by Gasteiger charge is -2.18. The number of ether oxygens (including phenoxy) is 2. The summed E-state index contributed by atoms with van der Waals surface area (Å²) in [5.41, 5.74) is 0. The number of phosphoric acid groups is 1. The quantitative estimate of drug-likeness (QED) is 0.0275. The Labute approximate surface area is 314 Å². The SMILES string of the molecule is CCCC/C=C/CCCCCCCCCCCC(=O)OC[C@H](COP(=O)(O)O)OC(=O)CCCCCCCCCCCCCCCCCCCC. The minimum atomic E-state index is -4.75. The van der Waals surface area contributed by atoms with E-state index < -0.39 is 32.5 Å². The fraction of sp³-hybridized carbons (Fsp3) is 0.905. The maximum Gasteiger partial charge on any atom is 0.469 e. The molecule has 0 aromatic carbocycles. The molecule has 0 aliphatic carbocycles. The molecule has 0 amide bonds. The minimum Gasteiger partial charge on any atom is -0.462 e.